The van der Waals surface area contributed by atoms with Gasteiger partial charge in [0.2, 0.25) is 0 Å². The highest BCUT2D eigenvalue weighted by atomic mass is 32.2. The summed E-state index contributed by atoms with van der Waals surface area (Å²) in [5, 5.41) is 8.34. The number of nitrogens with one attached hydrogen (secondary N) is 1. The first-order chi connectivity index (χ1) is 13.9. The average molecular weight is 417 g/mol. The average Bonchev–Trinajstić information content (AvgIpc) is 3.34. The van der Waals surface area contributed by atoms with E-state index in [0.29, 0.717) is 31.1 Å². The SMILES string of the molecule is COCCn1c(C(=O)Nc2cc(C)nn2[C@@H]2CCS(=O)(=O)C2)cc2ccccc21. The number of para-hydroxylation sites is 1. The van der Waals surface area contributed by atoms with Crippen molar-refractivity contribution in [3.05, 3.63) is 47.8 Å². The first-order valence-corrected chi connectivity index (χ1v) is 11.4. The molecule has 1 atom stereocenters. The number of fused-ring (bicyclic) bond motifs is 1. The summed E-state index contributed by atoms with van der Waals surface area (Å²) in [4.78, 5) is 13.1. The zero-order chi connectivity index (χ0) is 20.6. The van der Waals surface area contributed by atoms with Crippen LogP contribution in [-0.2, 0) is 21.1 Å². The maximum Gasteiger partial charge on any atom is 0.273 e. The topological polar surface area (TPSA) is 95.2 Å². The summed E-state index contributed by atoms with van der Waals surface area (Å²) in [5.41, 5.74) is 2.21. The minimum Gasteiger partial charge on any atom is -0.383 e. The Kier molecular flexibility index (Phi) is 5.18. The summed E-state index contributed by atoms with van der Waals surface area (Å²) >= 11 is 0. The molecule has 0 radical (unpaired) electrons. The highest BCUT2D eigenvalue weighted by Gasteiger charge is 2.31. The van der Waals surface area contributed by atoms with Crippen molar-refractivity contribution in [3.63, 3.8) is 0 Å². The molecule has 1 fully saturated rings. The Balaban J connectivity index is 1.65. The highest BCUT2D eigenvalue weighted by Crippen LogP contribution is 2.28. The first-order valence-electron chi connectivity index (χ1n) is 9.53. The molecule has 29 heavy (non-hydrogen) atoms. The molecule has 2 aromatic heterocycles. The fourth-order valence-corrected chi connectivity index (χ4v) is 5.55. The number of aromatic nitrogens is 3. The predicted octanol–water partition coefficient (Wildman–Crippen LogP) is 2.40. The van der Waals surface area contributed by atoms with Crippen LogP contribution in [0.2, 0.25) is 0 Å². The fraction of sp³-hybridized carbons (Fsp3) is 0.400. The van der Waals surface area contributed by atoms with Crippen molar-refractivity contribution in [1.29, 1.82) is 0 Å². The zero-order valence-corrected chi connectivity index (χ0v) is 17.3. The Bertz CT molecular complexity index is 1160. The number of ether oxygens (including phenoxy) is 1. The van der Waals surface area contributed by atoms with Gasteiger partial charge >= 0.3 is 0 Å². The first kappa shape index (κ1) is 19.7. The number of sulfone groups is 1. The monoisotopic (exact) mass is 416 g/mol. The van der Waals surface area contributed by atoms with Crippen LogP contribution in [0, 0.1) is 6.92 Å². The van der Waals surface area contributed by atoms with Gasteiger partial charge in [0.05, 0.1) is 29.8 Å². The van der Waals surface area contributed by atoms with Crippen LogP contribution >= 0.6 is 0 Å². The van der Waals surface area contributed by atoms with Crippen LogP contribution in [0.5, 0.6) is 0 Å². The van der Waals surface area contributed by atoms with Gasteiger partial charge < -0.3 is 14.6 Å². The fourth-order valence-electron chi connectivity index (χ4n) is 3.86. The molecule has 1 aliphatic rings. The molecule has 1 aromatic carbocycles. The Morgan fingerprint density at radius 1 is 1.31 bits per heavy atom. The molecule has 3 aromatic rings. The maximum absolute atomic E-state index is 13.1. The predicted molar refractivity (Wildman–Crippen MR) is 111 cm³/mol. The molecule has 154 valence electrons. The maximum atomic E-state index is 13.1. The Morgan fingerprint density at radius 3 is 2.83 bits per heavy atom. The van der Waals surface area contributed by atoms with Crippen LogP contribution < -0.4 is 5.32 Å². The van der Waals surface area contributed by atoms with E-state index in [9.17, 15) is 13.2 Å². The number of rotatable bonds is 6. The van der Waals surface area contributed by atoms with Gasteiger partial charge in [0.25, 0.3) is 5.91 Å². The van der Waals surface area contributed by atoms with Crippen LogP contribution in [0.15, 0.2) is 36.4 Å². The number of anilines is 1. The van der Waals surface area contributed by atoms with Gasteiger partial charge in [-0.05, 0) is 25.5 Å². The van der Waals surface area contributed by atoms with Crippen molar-refractivity contribution in [2.24, 2.45) is 0 Å². The molecule has 0 aliphatic carbocycles. The Labute approximate surface area is 169 Å². The second-order valence-corrected chi connectivity index (χ2v) is 9.59. The molecule has 4 rings (SSSR count). The van der Waals surface area contributed by atoms with Crippen molar-refractivity contribution in [3.8, 4) is 0 Å². The lowest BCUT2D eigenvalue weighted by Gasteiger charge is -2.15. The number of amides is 1. The van der Waals surface area contributed by atoms with Crippen molar-refractivity contribution >= 4 is 32.5 Å². The van der Waals surface area contributed by atoms with Gasteiger partial charge in [-0.1, -0.05) is 18.2 Å². The summed E-state index contributed by atoms with van der Waals surface area (Å²) in [6.45, 7) is 2.85. The lowest BCUT2D eigenvalue weighted by Crippen LogP contribution is -2.22. The van der Waals surface area contributed by atoms with Crippen LogP contribution in [0.1, 0.15) is 28.6 Å². The second-order valence-electron chi connectivity index (χ2n) is 7.36. The van der Waals surface area contributed by atoms with Crippen molar-refractivity contribution in [1.82, 2.24) is 14.3 Å². The molecule has 1 saturated heterocycles. The van der Waals surface area contributed by atoms with E-state index in [2.05, 4.69) is 10.4 Å². The lowest BCUT2D eigenvalue weighted by molar-refractivity contribution is 0.101. The van der Waals surface area contributed by atoms with Crippen molar-refractivity contribution in [2.75, 3.05) is 30.5 Å². The smallest absolute Gasteiger partial charge is 0.273 e. The summed E-state index contributed by atoms with van der Waals surface area (Å²) in [7, 11) is -1.43. The van der Waals surface area contributed by atoms with Crippen LogP contribution in [0.3, 0.4) is 0 Å². The summed E-state index contributed by atoms with van der Waals surface area (Å²) in [6.07, 6.45) is 0.500. The van der Waals surface area contributed by atoms with Gasteiger partial charge in [0, 0.05) is 30.6 Å². The number of carbonyl (C=O) groups is 1. The minimum absolute atomic E-state index is 0.0467. The van der Waals surface area contributed by atoms with E-state index in [4.69, 9.17) is 4.74 Å². The Hall–Kier alpha value is -2.65. The number of aryl methyl sites for hydroxylation is 1. The number of nitrogens with zero attached hydrogens (tertiary/aromatic N) is 3. The lowest BCUT2D eigenvalue weighted by atomic mass is 10.2. The normalized spacial score (nSPS) is 18.3. The van der Waals surface area contributed by atoms with E-state index in [1.165, 1.54) is 0 Å². The van der Waals surface area contributed by atoms with Gasteiger partial charge in [0.1, 0.15) is 11.5 Å². The highest BCUT2D eigenvalue weighted by molar-refractivity contribution is 7.91. The summed E-state index contributed by atoms with van der Waals surface area (Å²) in [5.74, 6) is 0.442. The molecular weight excluding hydrogens is 392 g/mol. The van der Waals surface area contributed by atoms with E-state index >= 15 is 0 Å². The van der Waals surface area contributed by atoms with Crippen LogP contribution in [-0.4, -0.2) is 53.9 Å². The van der Waals surface area contributed by atoms with E-state index in [0.717, 1.165) is 16.6 Å². The zero-order valence-electron chi connectivity index (χ0n) is 16.5. The number of benzene rings is 1. The molecule has 1 N–H and O–H groups in total. The second kappa shape index (κ2) is 7.64. The quantitative estimate of drug-likeness (QED) is 0.666. The van der Waals surface area contributed by atoms with Gasteiger partial charge in [-0.15, -0.1) is 0 Å². The summed E-state index contributed by atoms with van der Waals surface area (Å²) in [6, 6.07) is 11.2. The van der Waals surface area contributed by atoms with Gasteiger partial charge in [-0.25, -0.2) is 13.1 Å². The standard InChI is InChI=1S/C20H24N4O4S/c1-14-11-19(24(22-14)16-7-10-29(26,27)13-16)21-20(25)18-12-15-5-3-4-6-17(15)23(18)8-9-28-2/h3-6,11-12,16H,7-10,13H2,1-2H3,(H,21,25)/t16-/m1/s1. The number of hydrogen-bond acceptors (Lipinski definition) is 5. The largest absolute Gasteiger partial charge is 0.383 e. The van der Waals surface area contributed by atoms with E-state index in [1.54, 1.807) is 17.9 Å². The minimum atomic E-state index is -3.06. The number of hydrogen-bond donors (Lipinski definition) is 1. The van der Waals surface area contributed by atoms with Gasteiger partial charge in [-0.3, -0.25) is 4.79 Å². The van der Waals surface area contributed by atoms with Crippen LogP contribution in [0.25, 0.3) is 10.9 Å². The van der Waals surface area contributed by atoms with E-state index in [-0.39, 0.29) is 23.5 Å². The molecule has 1 amide bonds. The van der Waals surface area contributed by atoms with Gasteiger partial charge in [0.15, 0.2) is 9.84 Å². The molecule has 0 unspecified atom stereocenters. The van der Waals surface area contributed by atoms with Crippen molar-refractivity contribution in [2.45, 2.75) is 25.9 Å². The van der Waals surface area contributed by atoms with Crippen LogP contribution in [0.4, 0.5) is 5.82 Å². The Morgan fingerprint density at radius 2 is 2.10 bits per heavy atom. The summed E-state index contributed by atoms with van der Waals surface area (Å²) < 4.78 is 32.5. The molecule has 1 aliphatic heterocycles. The number of methoxy groups -OCH3 is 1. The molecule has 0 bridgehead atoms. The molecule has 8 nitrogen and oxygen atoms in total. The number of carbonyl (C=O) groups excluding carboxylic acids is 1. The van der Waals surface area contributed by atoms with Crippen molar-refractivity contribution < 1.29 is 17.9 Å². The third-order valence-corrected chi connectivity index (χ3v) is 6.97. The molecule has 0 spiro atoms. The third kappa shape index (κ3) is 3.92. The van der Waals surface area contributed by atoms with Gasteiger partial charge in [-0.2, -0.15) is 5.10 Å². The molecule has 3 heterocycles. The van der Waals surface area contributed by atoms with E-state index in [1.807, 2.05) is 41.8 Å². The third-order valence-electron chi connectivity index (χ3n) is 5.22. The molecule has 9 heteroatoms. The van der Waals surface area contributed by atoms with E-state index < -0.39 is 9.84 Å². The molecular formula is C20H24N4O4S. The molecule has 0 saturated carbocycles.